The van der Waals surface area contributed by atoms with Crippen LogP contribution in [0.3, 0.4) is 0 Å². The Balaban J connectivity index is 0.000000216. The first-order chi connectivity index (χ1) is 17.4. The first-order valence-corrected chi connectivity index (χ1v) is 10.3. The molecule has 6 rings (SSSR count). The molecule has 0 radical (unpaired) electrons. The van der Waals surface area contributed by atoms with E-state index in [0.717, 1.165) is 0 Å². The van der Waals surface area contributed by atoms with Crippen LogP contribution in [0.5, 0.6) is 0 Å². The number of aryl methyl sites for hydroxylation is 6. The Morgan fingerprint density at radius 3 is 1.42 bits per heavy atom. The Morgan fingerprint density at radius 2 is 1.25 bits per heavy atom. The third kappa shape index (κ3) is 16.5. The number of hydrogen-bond acceptors (Lipinski definition) is 11. The molecule has 0 spiro atoms. The summed E-state index contributed by atoms with van der Waals surface area (Å²) >= 11 is 0. The van der Waals surface area contributed by atoms with Gasteiger partial charge in [-0.3, -0.25) is 14.0 Å². The van der Waals surface area contributed by atoms with Crippen molar-refractivity contribution in [1.82, 2.24) is 84.3 Å². The summed E-state index contributed by atoms with van der Waals surface area (Å²) in [5.41, 5.74) is 0. The molecule has 0 aliphatic heterocycles. The molecule has 0 N–H and O–H groups in total. The predicted molar refractivity (Wildman–Crippen MR) is 128 cm³/mol. The van der Waals surface area contributed by atoms with Crippen molar-refractivity contribution < 1.29 is 0 Å². The lowest BCUT2D eigenvalue weighted by atomic mass is 10.8. The first-order valence-electron chi connectivity index (χ1n) is 10.3. The zero-order valence-corrected chi connectivity index (χ0v) is 21.1. The Hall–Kier alpha value is -5.09. The average molecular weight is 498 g/mol. The van der Waals surface area contributed by atoms with Gasteiger partial charge in [0.05, 0.1) is 32.0 Å². The molecule has 0 amide bonds. The maximum Gasteiger partial charge on any atom is 0.162 e. The van der Waals surface area contributed by atoms with Crippen molar-refractivity contribution >= 4 is 0 Å². The SMILES string of the molecule is Cn1cccn1.Cn1ccnc1.Cn1ccnn1.Cn1cncn1.Cn1nccn1.Cn1ncnn1. The van der Waals surface area contributed by atoms with Crippen molar-refractivity contribution in [2.24, 2.45) is 42.3 Å². The molecule has 36 heavy (non-hydrogen) atoms. The number of nitrogens with zero attached hydrogens (tertiary/aromatic N) is 17. The van der Waals surface area contributed by atoms with Gasteiger partial charge in [0.15, 0.2) is 6.33 Å². The van der Waals surface area contributed by atoms with Crippen LogP contribution in [0.2, 0.25) is 0 Å². The van der Waals surface area contributed by atoms with Gasteiger partial charge in [0.25, 0.3) is 0 Å². The molecule has 0 atom stereocenters. The highest BCUT2D eigenvalue weighted by Gasteiger charge is 1.73. The van der Waals surface area contributed by atoms with E-state index in [1.165, 1.54) is 22.2 Å². The van der Waals surface area contributed by atoms with Crippen molar-refractivity contribution in [1.29, 1.82) is 0 Å². The zero-order chi connectivity index (χ0) is 26.4. The highest BCUT2D eigenvalue weighted by molar-refractivity contribution is 4.75. The van der Waals surface area contributed by atoms with Gasteiger partial charge in [0.1, 0.15) is 12.7 Å². The number of rotatable bonds is 0. The maximum atomic E-state index is 3.83. The fourth-order valence-electron chi connectivity index (χ4n) is 1.71. The van der Waals surface area contributed by atoms with Gasteiger partial charge in [-0.05, 0) is 11.3 Å². The molecule has 0 aromatic carbocycles. The molecule has 0 unspecified atom stereocenters. The molecule has 0 saturated carbocycles. The van der Waals surface area contributed by atoms with Crippen LogP contribution in [0.4, 0.5) is 0 Å². The molecule has 6 aromatic heterocycles. The summed E-state index contributed by atoms with van der Waals surface area (Å²) in [6.45, 7) is 0. The lowest BCUT2D eigenvalue weighted by molar-refractivity contribution is 0.630. The van der Waals surface area contributed by atoms with Crippen LogP contribution in [0, 0.1) is 0 Å². The molecule has 6 aromatic rings. The Labute approximate surface area is 208 Å². The monoisotopic (exact) mass is 497 g/mol. The minimum atomic E-state index is 1.39. The van der Waals surface area contributed by atoms with E-state index < -0.39 is 0 Å². The fourth-order valence-corrected chi connectivity index (χ4v) is 1.71. The van der Waals surface area contributed by atoms with E-state index in [4.69, 9.17) is 0 Å². The molecule has 0 saturated heterocycles. The third-order valence-corrected chi connectivity index (χ3v) is 3.34. The minimum absolute atomic E-state index is 1.39. The van der Waals surface area contributed by atoms with Gasteiger partial charge in [0, 0.05) is 66.2 Å². The van der Waals surface area contributed by atoms with Crippen LogP contribution in [0.15, 0.2) is 81.0 Å². The Morgan fingerprint density at radius 1 is 0.472 bits per heavy atom. The number of imidazole rings is 1. The van der Waals surface area contributed by atoms with Crippen molar-refractivity contribution in [2.75, 3.05) is 0 Å². The fraction of sp³-hybridized carbons (Fsp3) is 0.316. The lowest BCUT2D eigenvalue weighted by Crippen LogP contribution is -1.90. The molecule has 17 nitrogen and oxygen atoms in total. The van der Waals surface area contributed by atoms with E-state index in [1.807, 2.05) is 51.2 Å². The van der Waals surface area contributed by atoms with E-state index in [-0.39, 0.29) is 0 Å². The molecule has 17 heteroatoms. The maximum absolute atomic E-state index is 3.83. The van der Waals surface area contributed by atoms with Crippen LogP contribution in [0.1, 0.15) is 0 Å². The van der Waals surface area contributed by atoms with Crippen LogP contribution >= 0.6 is 0 Å². The summed E-state index contributed by atoms with van der Waals surface area (Å²) in [6.07, 6.45) is 20.3. The van der Waals surface area contributed by atoms with Gasteiger partial charge in [-0.25, -0.2) is 9.97 Å². The van der Waals surface area contributed by atoms with E-state index >= 15 is 0 Å². The van der Waals surface area contributed by atoms with Gasteiger partial charge in [-0.15, -0.1) is 15.3 Å². The zero-order valence-electron chi connectivity index (χ0n) is 21.1. The third-order valence-electron chi connectivity index (χ3n) is 3.34. The number of aromatic nitrogens is 17. The van der Waals surface area contributed by atoms with Gasteiger partial charge < -0.3 is 4.57 Å². The second kappa shape index (κ2) is 18.3. The second-order valence-electron chi connectivity index (χ2n) is 6.50. The van der Waals surface area contributed by atoms with Crippen molar-refractivity contribution in [3.8, 4) is 0 Å². The van der Waals surface area contributed by atoms with E-state index in [9.17, 15) is 0 Å². The highest BCUT2D eigenvalue weighted by atomic mass is 15.6. The standard InChI is InChI=1S/2C4H6N2.3C3H5N3.C2H4N4/c1-6-3-2-5-4-6;1-6-4-2-3-5-6;1-6-3-4-2-5-6;1-6-3-2-4-5-6;2*1-6-4-2-3-5-6/h2*2-4H,1H3;3*2-3H,1H3;2H,1H3. The first kappa shape index (κ1) is 28.9. The minimum Gasteiger partial charge on any atom is -0.341 e. The normalized spacial score (nSPS) is 8.83. The quantitative estimate of drug-likeness (QED) is 0.265. The summed E-state index contributed by atoms with van der Waals surface area (Å²) < 4.78 is 6.92. The van der Waals surface area contributed by atoms with Gasteiger partial charge in [-0.2, -0.15) is 30.0 Å². The molecule has 0 fully saturated rings. The van der Waals surface area contributed by atoms with Gasteiger partial charge in [-0.1, -0.05) is 5.21 Å². The van der Waals surface area contributed by atoms with E-state index in [0.29, 0.717) is 0 Å². The van der Waals surface area contributed by atoms with Gasteiger partial charge >= 0.3 is 0 Å². The van der Waals surface area contributed by atoms with Crippen molar-refractivity contribution in [3.63, 3.8) is 0 Å². The number of tetrazole rings is 1. The molecule has 6 heterocycles. The topological polar surface area (TPSA) is 171 Å². The van der Waals surface area contributed by atoms with Crippen LogP contribution in [-0.4, -0.2) is 84.3 Å². The van der Waals surface area contributed by atoms with Crippen LogP contribution in [0.25, 0.3) is 0 Å². The average Bonchev–Trinajstić information content (AvgIpc) is 3.67. The smallest absolute Gasteiger partial charge is 0.162 e. The van der Waals surface area contributed by atoms with E-state index in [2.05, 4.69) is 56.1 Å². The highest BCUT2D eigenvalue weighted by Crippen LogP contribution is 1.74. The summed E-state index contributed by atoms with van der Waals surface area (Å²) in [7, 11) is 11.0. The Bertz CT molecular complexity index is 908. The second-order valence-corrected chi connectivity index (χ2v) is 6.50. The molecule has 0 aliphatic rings. The Kier molecular flexibility index (Phi) is 14.8. The molecule has 192 valence electrons. The molecule has 0 aliphatic carbocycles. The van der Waals surface area contributed by atoms with Crippen LogP contribution < -0.4 is 0 Å². The predicted octanol–water partition coefficient (Wildman–Crippen LogP) is -0.504. The lowest BCUT2D eigenvalue weighted by Gasteiger charge is -1.77. The molecular formula is C19H31N17. The summed E-state index contributed by atoms with van der Waals surface area (Å²) in [4.78, 5) is 10.3. The van der Waals surface area contributed by atoms with E-state index in [1.54, 1.807) is 78.0 Å². The number of hydrogen-bond donors (Lipinski definition) is 0. The van der Waals surface area contributed by atoms with Crippen molar-refractivity contribution in [3.05, 3.63) is 81.0 Å². The summed E-state index contributed by atoms with van der Waals surface area (Å²) in [6, 6.07) is 1.89. The van der Waals surface area contributed by atoms with Gasteiger partial charge in [0.2, 0.25) is 0 Å². The summed E-state index contributed by atoms with van der Waals surface area (Å²) in [5.74, 6) is 0. The molecular weight excluding hydrogens is 466 g/mol. The van der Waals surface area contributed by atoms with Crippen LogP contribution in [-0.2, 0) is 42.3 Å². The largest absolute Gasteiger partial charge is 0.341 e. The summed E-state index contributed by atoms with van der Waals surface area (Å²) in [5, 5.41) is 32.6. The molecule has 0 bridgehead atoms. The van der Waals surface area contributed by atoms with Crippen molar-refractivity contribution in [2.45, 2.75) is 0 Å².